The third-order valence-corrected chi connectivity index (χ3v) is 5.26. The molecular weight excluding hydrogens is 404 g/mol. The van der Waals surface area contributed by atoms with Crippen molar-refractivity contribution in [1.29, 1.82) is 0 Å². The average molecular weight is 434 g/mol. The van der Waals surface area contributed by atoms with Crippen LogP contribution in [-0.2, 0) is 23.2 Å². The molecule has 0 unspecified atom stereocenters. The lowest BCUT2D eigenvalue weighted by atomic mass is 9.83. The number of nitrogens with zero attached hydrogens (tertiary/aromatic N) is 4. The second-order valence-electron chi connectivity index (χ2n) is 7.57. The predicted molar refractivity (Wildman–Crippen MR) is 111 cm³/mol. The van der Waals surface area contributed by atoms with Crippen molar-refractivity contribution in [1.82, 2.24) is 30.2 Å². The third kappa shape index (κ3) is 6.92. The molecule has 0 radical (unpaired) electrons. The normalized spacial score (nSPS) is 20.3. The minimum absolute atomic E-state index is 0.0521. The summed E-state index contributed by atoms with van der Waals surface area (Å²) < 4.78 is 3.42. The van der Waals surface area contributed by atoms with Gasteiger partial charge in [-0.1, -0.05) is 0 Å². The topological polar surface area (TPSA) is 151 Å². The molecule has 31 heavy (non-hydrogen) atoms. The standard InChI is InChI=1S/C19H28N6O3.CH2O2/c1-12-6-8-25(22-12)9-7-20-18(27)14-4-5-17(26)15(11-14)21-19(28)16-10-13(2)24(3)23-16;2-1-3/h6,8,10,14-15,17,26H,4-5,7,9,11H2,1-3H3,(H,20,27)(H,21,28);1H,(H,2,3)/t14-,15+,17+;/m0./s1. The largest absolute Gasteiger partial charge is 0.483 e. The van der Waals surface area contributed by atoms with Crippen LogP contribution in [0.4, 0.5) is 0 Å². The molecule has 1 fully saturated rings. The molecule has 11 nitrogen and oxygen atoms in total. The van der Waals surface area contributed by atoms with E-state index in [2.05, 4.69) is 20.8 Å². The van der Waals surface area contributed by atoms with Crippen LogP contribution in [0.1, 0.15) is 41.1 Å². The number of aromatic nitrogens is 4. The first-order valence-corrected chi connectivity index (χ1v) is 10.1. The predicted octanol–water partition coefficient (Wildman–Crippen LogP) is 0.0100. The van der Waals surface area contributed by atoms with E-state index >= 15 is 0 Å². The molecule has 2 amide bonds. The van der Waals surface area contributed by atoms with Crippen molar-refractivity contribution in [3.8, 4) is 0 Å². The number of carbonyl (C=O) groups is 3. The molecule has 11 heteroatoms. The number of aryl methyl sites for hydroxylation is 3. The number of rotatable bonds is 6. The first kappa shape index (κ1) is 24.1. The number of aliphatic hydroxyl groups is 1. The molecule has 0 bridgehead atoms. The average Bonchev–Trinajstić information content (AvgIpc) is 3.29. The summed E-state index contributed by atoms with van der Waals surface area (Å²) in [4.78, 5) is 33.3. The number of carboxylic acid groups (broad SMARTS) is 1. The molecule has 0 aromatic carbocycles. The highest BCUT2D eigenvalue weighted by molar-refractivity contribution is 5.92. The number of hydrogen-bond acceptors (Lipinski definition) is 6. The van der Waals surface area contributed by atoms with Gasteiger partial charge in [0.1, 0.15) is 5.69 Å². The fourth-order valence-electron chi connectivity index (χ4n) is 3.49. The van der Waals surface area contributed by atoms with Gasteiger partial charge in [0, 0.05) is 31.4 Å². The van der Waals surface area contributed by atoms with Crippen LogP contribution >= 0.6 is 0 Å². The van der Waals surface area contributed by atoms with E-state index in [4.69, 9.17) is 9.90 Å². The Morgan fingerprint density at radius 1 is 1.29 bits per heavy atom. The molecule has 0 aliphatic heterocycles. The number of nitrogens with one attached hydrogen (secondary N) is 2. The summed E-state index contributed by atoms with van der Waals surface area (Å²) >= 11 is 0. The Kier molecular flexibility index (Phi) is 8.74. The molecule has 4 N–H and O–H groups in total. The lowest BCUT2D eigenvalue weighted by Gasteiger charge is -2.33. The smallest absolute Gasteiger partial charge is 0.290 e. The maximum Gasteiger partial charge on any atom is 0.290 e. The van der Waals surface area contributed by atoms with E-state index in [0.717, 1.165) is 11.4 Å². The third-order valence-electron chi connectivity index (χ3n) is 5.26. The lowest BCUT2D eigenvalue weighted by molar-refractivity contribution is -0.127. The zero-order valence-corrected chi connectivity index (χ0v) is 18.0. The highest BCUT2D eigenvalue weighted by Gasteiger charge is 2.34. The van der Waals surface area contributed by atoms with Crippen molar-refractivity contribution in [3.05, 3.63) is 35.4 Å². The maximum absolute atomic E-state index is 12.5. The summed E-state index contributed by atoms with van der Waals surface area (Å²) in [7, 11) is 1.77. The van der Waals surface area contributed by atoms with Crippen molar-refractivity contribution in [2.75, 3.05) is 6.54 Å². The molecule has 3 atom stereocenters. The number of amides is 2. The van der Waals surface area contributed by atoms with E-state index in [9.17, 15) is 14.7 Å². The van der Waals surface area contributed by atoms with E-state index in [1.807, 2.05) is 26.1 Å². The quantitative estimate of drug-likeness (QED) is 0.468. The Bertz CT molecular complexity index is 873. The van der Waals surface area contributed by atoms with Crippen LogP contribution in [0.2, 0.25) is 0 Å². The van der Waals surface area contributed by atoms with Crippen LogP contribution in [0.3, 0.4) is 0 Å². The first-order chi connectivity index (χ1) is 14.7. The van der Waals surface area contributed by atoms with Crippen LogP contribution in [0, 0.1) is 19.8 Å². The van der Waals surface area contributed by atoms with Gasteiger partial charge in [-0.15, -0.1) is 0 Å². The zero-order valence-electron chi connectivity index (χ0n) is 18.0. The molecule has 0 saturated heterocycles. The molecule has 170 valence electrons. The van der Waals surface area contributed by atoms with E-state index in [-0.39, 0.29) is 24.2 Å². The summed E-state index contributed by atoms with van der Waals surface area (Å²) in [5.41, 5.74) is 2.13. The van der Waals surface area contributed by atoms with Gasteiger partial charge < -0.3 is 20.8 Å². The van der Waals surface area contributed by atoms with Gasteiger partial charge in [0.15, 0.2) is 0 Å². The van der Waals surface area contributed by atoms with E-state index in [1.54, 1.807) is 22.5 Å². The lowest BCUT2D eigenvalue weighted by Crippen LogP contribution is -2.49. The molecule has 0 spiro atoms. The Labute approximate surface area is 180 Å². The van der Waals surface area contributed by atoms with Gasteiger partial charge in [-0.3, -0.25) is 23.7 Å². The Morgan fingerprint density at radius 3 is 2.58 bits per heavy atom. The number of hydrogen-bond donors (Lipinski definition) is 4. The van der Waals surface area contributed by atoms with Gasteiger partial charge in [-0.05, 0) is 45.2 Å². The van der Waals surface area contributed by atoms with Crippen LogP contribution in [0.5, 0.6) is 0 Å². The van der Waals surface area contributed by atoms with Crippen molar-refractivity contribution < 1.29 is 24.6 Å². The monoisotopic (exact) mass is 434 g/mol. The Morgan fingerprint density at radius 2 is 2.00 bits per heavy atom. The van der Waals surface area contributed by atoms with Crippen LogP contribution in [-0.4, -0.2) is 66.8 Å². The van der Waals surface area contributed by atoms with Crippen LogP contribution < -0.4 is 10.6 Å². The summed E-state index contributed by atoms with van der Waals surface area (Å²) in [5, 5.41) is 31.4. The SMILES string of the molecule is Cc1ccn(CCNC(=O)[C@H]2CC[C@@H](O)[C@H](NC(=O)c3cc(C)n(C)n3)C2)n1.O=CO. The molecular formula is C20H30N6O5. The van der Waals surface area contributed by atoms with Gasteiger partial charge in [0.25, 0.3) is 12.4 Å². The molecule has 2 aromatic heterocycles. The highest BCUT2D eigenvalue weighted by atomic mass is 16.3. The molecule has 3 rings (SSSR count). The second-order valence-corrected chi connectivity index (χ2v) is 7.57. The van der Waals surface area contributed by atoms with Crippen molar-refractivity contribution in [2.45, 2.75) is 51.8 Å². The second kappa shape index (κ2) is 11.3. The molecule has 2 aromatic rings. The molecule has 1 saturated carbocycles. The van der Waals surface area contributed by atoms with E-state index in [1.165, 1.54) is 0 Å². The maximum atomic E-state index is 12.5. The summed E-state index contributed by atoms with van der Waals surface area (Å²) in [5.74, 6) is -0.620. The van der Waals surface area contributed by atoms with Gasteiger partial charge in [-0.2, -0.15) is 10.2 Å². The fourth-order valence-corrected chi connectivity index (χ4v) is 3.49. The van der Waals surface area contributed by atoms with Crippen molar-refractivity contribution >= 4 is 18.3 Å². The van der Waals surface area contributed by atoms with Crippen molar-refractivity contribution in [2.24, 2.45) is 13.0 Å². The zero-order chi connectivity index (χ0) is 23.0. The summed E-state index contributed by atoms with van der Waals surface area (Å²) in [6.07, 6.45) is 2.70. The van der Waals surface area contributed by atoms with E-state index in [0.29, 0.717) is 38.0 Å². The highest BCUT2D eigenvalue weighted by Crippen LogP contribution is 2.25. The Balaban J connectivity index is 0.00000107. The molecule has 1 aliphatic rings. The minimum Gasteiger partial charge on any atom is -0.483 e. The molecule has 2 heterocycles. The van der Waals surface area contributed by atoms with Crippen molar-refractivity contribution in [3.63, 3.8) is 0 Å². The summed E-state index contributed by atoms with van der Waals surface area (Å²) in [6.45, 7) is 4.63. The van der Waals surface area contributed by atoms with Gasteiger partial charge in [-0.25, -0.2) is 0 Å². The number of carbonyl (C=O) groups excluding carboxylic acids is 2. The van der Waals surface area contributed by atoms with Gasteiger partial charge in [0.2, 0.25) is 5.91 Å². The van der Waals surface area contributed by atoms with E-state index < -0.39 is 12.1 Å². The summed E-state index contributed by atoms with van der Waals surface area (Å²) in [6, 6.07) is 3.15. The molecule has 1 aliphatic carbocycles. The van der Waals surface area contributed by atoms with Crippen LogP contribution in [0.15, 0.2) is 18.3 Å². The minimum atomic E-state index is -0.662. The number of aliphatic hydroxyl groups excluding tert-OH is 1. The first-order valence-electron chi connectivity index (χ1n) is 10.1. The van der Waals surface area contributed by atoms with Crippen LogP contribution in [0.25, 0.3) is 0 Å². The van der Waals surface area contributed by atoms with Gasteiger partial charge >= 0.3 is 0 Å². The Hall–Kier alpha value is -3.21. The van der Waals surface area contributed by atoms with Gasteiger partial charge in [0.05, 0.1) is 24.4 Å². The fraction of sp³-hybridized carbons (Fsp3) is 0.550.